The summed E-state index contributed by atoms with van der Waals surface area (Å²) in [6, 6.07) is 2.42. The van der Waals surface area contributed by atoms with Crippen molar-refractivity contribution in [3.8, 4) is 0 Å². The molecule has 0 aliphatic carbocycles. The molecule has 0 bridgehead atoms. The number of carbonyl (C=O) groups excluding carboxylic acids is 1. The van der Waals surface area contributed by atoms with Gasteiger partial charge in [0, 0.05) is 23.2 Å². The summed E-state index contributed by atoms with van der Waals surface area (Å²) >= 11 is 1.72. The van der Waals surface area contributed by atoms with Gasteiger partial charge in [-0.3, -0.25) is 9.48 Å². The van der Waals surface area contributed by atoms with E-state index in [0.29, 0.717) is 12.5 Å². The fourth-order valence-corrected chi connectivity index (χ4v) is 2.21. The molecule has 0 saturated heterocycles. The maximum atomic E-state index is 11.1. The number of nitrogens with zero attached hydrogens (tertiary/aromatic N) is 2. The van der Waals surface area contributed by atoms with Crippen LogP contribution in [0.4, 0.5) is 0 Å². The van der Waals surface area contributed by atoms with E-state index >= 15 is 0 Å². The summed E-state index contributed by atoms with van der Waals surface area (Å²) in [5, 5.41) is 4.72. The monoisotopic (exact) mass is 256 g/mol. The molecule has 1 aromatic heterocycles. The molecule has 1 unspecified atom stereocenters. The predicted octanol–water partition coefficient (Wildman–Crippen LogP) is 2.65. The second kappa shape index (κ2) is 6.69. The average Bonchev–Trinajstić information content (AvgIpc) is 2.75. The maximum absolute atomic E-state index is 11.1. The fraction of sp³-hybridized carbons (Fsp3) is 0.667. The Labute approximate surface area is 107 Å². The Bertz CT molecular complexity index is 363. The summed E-state index contributed by atoms with van der Waals surface area (Å²) in [4.78, 5) is 11.1. The molecule has 1 atom stereocenters. The molecule has 0 N–H and O–H groups in total. The molecule has 17 heavy (non-hydrogen) atoms. The fourth-order valence-electron chi connectivity index (χ4n) is 1.35. The number of methoxy groups -OCH3 is 1. The summed E-state index contributed by atoms with van der Waals surface area (Å²) in [5.41, 5.74) is 1.06. The number of aromatic nitrogens is 2. The van der Waals surface area contributed by atoms with Gasteiger partial charge in [0.2, 0.25) is 0 Å². The Kier molecular flexibility index (Phi) is 5.55. The highest BCUT2D eigenvalue weighted by molar-refractivity contribution is 7.99. The van der Waals surface area contributed by atoms with Crippen LogP contribution < -0.4 is 0 Å². The second-order valence-electron chi connectivity index (χ2n) is 4.28. The quantitative estimate of drug-likeness (QED) is 0.734. The summed E-state index contributed by atoms with van der Waals surface area (Å²) in [6.45, 7) is 6.23. The molecule has 4 nitrogen and oxygen atoms in total. The minimum atomic E-state index is -0.155. The van der Waals surface area contributed by atoms with Gasteiger partial charge in [-0.05, 0) is 19.9 Å². The molecule has 0 saturated carbocycles. The number of rotatable bonds is 6. The van der Waals surface area contributed by atoms with E-state index < -0.39 is 0 Å². The molecule has 5 heteroatoms. The van der Waals surface area contributed by atoms with Crippen LogP contribution >= 0.6 is 11.8 Å². The van der Waals surface area contributed by atoms with E-state index in [0.717, 1.165) is 11.4 Å². The van der Waals surface area contributed by atoms with E-state index in [9.17, 15) is 4.79 Å². The van der Waals surface area contributed by atoms with Gasteiger partial charge in [-0.1, -0.05) is 6.92 Å². The number of hydrogen-bond acceptors (Lipinski definition) is 4. The van der Waals surface area contributed by atoms with Crippen LogP contribution in [0.3, 0.4) is 0 Å². The Balaban J connectivity index is 2.36. The predicted molar refractivity (Wildman–Crippen MR) is 70.0 cm³/mol. The molecule has 0 aromatic carbocycles. The van der Waals surface area contributed by atoms with Crippen molar-refractivity contribution >= 4 is 17.7 Å². The minimum Gasteiger partial charge on any atom is -0.469 e. The zero-order valence-electron chi connectivity index (χ0n) is 10.8. The zero-order chi connectivity index (χ0) is 12.8. The summed E-state index contributed by atoms with van der Waals surface area (Å²) in [7, 11) is 1.42. The average molecular weight is 256 g/mol. The Hall–Kier alpha value is -0.970. The van der Waals surface area contributed by atoms with Crippen LogP contribution in [0.1, 0.15) is 38.9 Å². The summed E-state index contributed by atoms with van der Waals surface area (Å²) in [6.07, 6.45) is 2.44. The summed E-state index contributed by atoms with van der Waals surface area (Å²) < 4.78 is 6.58. The molecule has 0 spiro atoms. The highest BCUT2D eigenvalue weighted by atomic mass is 32.2. The normalized spacial score (nSPS) is 12.8. The van der Waals surface area contributed by atoms with Gasteiger partial charge in [0.15, 0.2) is 0 Å². The molecular weight excluding hydrogens is 236 g/mol. The lowest BCUT2D eigenvalue weighted by atomic mass is 10.3. The van der Waals surface area contributed by atoms with E-state index in [2.05, 4.69) is 23.7 Å². The van der Waals surface area contributed by atoms with Crippen LogP contribution in [0, 0.1) is 0 Å². The van der Waals surface area contributed by atoms with Crippen LogP contribution in [0.25, 0.3) is 0 Å². The third-order valence-electron chi connectivity index (χ3n) is 2.39. The number of esters is 1. The molecule has 96 valence electrons. The number of carbonyl (C=O) groups is 1. The van der Waals surface area contributed by atoms with Crippen LogP contribution in [0.2, 0.25) is 0 Å². The van der Waals surface area contributed by atoms with Gasteiger partial charge in [-0.15, -0.1) is 0 Å². The van der Waals surface area contributed by atoms with Crippen molar-refractivity contribution in [3.63, 3.8) is 0 Å². The van der Waals surface area contributed by atoms with Gasteiger partial charge in [-0.25, -0.2) is 0 Å². The first-order valence-corrected chi connectivity index (χ1v) is 6.80. The maximum Gasteiger partial charge on any atom is 0.306 e. The van der Waals surface area contributed by atoms with Gasteiger partial charge in [0.1, 0.15) is 0 Å². The first kappa shape index (κ1) is 14.1. The molecular formula is C12H20N2O2S. The van der Waals surface area contributed by atoms with E-state index in [1.807, 2.05) is 23.9 Å². The molecule has 0 amide bonds. The second-order valence-corrected chi connectivity index (χ2v) is 5.71. The lowest BCUT2D eigenvalue weighted by Gasteiger charge is -2.08. The smallest absolute Gasteiger partial charge is 0.306 e. The largest absolute Gasteiger partial charge is 0.469 e. The molecule has 1 aromatic rings. The molecule has 0 radical (unpaired) electrons. The van der Waals surface area contributed by atoms with Gasteiger partial charge < -0.3 is 4.74 Å². The lowest BCUT2D eigenvalue weighted by molar-refractivity contribution is -0.140. The highest BCUT2D eigenvalue weighted by Gasteiger charge is 2.10. The molecule has 0 fully saturated rings. The first-order valence-electron chi connectivity index (χ1n) is 5.75. The summed E-state index contributed by atoms with van der Waals surface area (Å²) in [5.74, 6) is 0.676. The minimum absolute atomic E-state index is 0.155. The van der Waals surface area contributed by atoms with Crippen LogP contribution in [-0.4, -0.2) is 28.1 Å². The van der Waals surface area contributed by atoms with Crippen molar-refractivity contribution < 1.29 is 9.53 Å². The van der Waals surface area contributed by atoms with E-state index in [1.165, 1.54) is 7.11 Å². The van der Waals surface area contributed by atoms with Crippen molar-refractivity contribution in [1.82, 2.24) is 9.78 Å². The Morgan fingerprint density at radius 3 is 2.76 bits per heavy atom. The third kappa shape index (κ3) is 4.81. The van der Waals surface area contributed by atoms with Gasteiger partial charge >= 0.3 is 5.97 Å². The third-order valence-corrected chi connectivity index (χ3v) is 3.59. The lowest BCUT2D eigenvalue weighted by Crippen LogP contribution is -2.09. The van der Waals surface area contributed by atoms with Crippen LogP contribution in [0.15, 0.2) is 12.3 Å². The number of thioether (sulfide) groups is 1. The number of hydrogen-bond donors (Lipinski definition) is 0. The van der Waals surface area contributed by atoms with Gasteiger partial charge in [0.05, 0.1) is 19.2 Å². The first-order chi connectivity index (χ1) is 8.02. The van der Waals surface area contributed by atoms with Crippen molar-refractivity contribution in [2.75, 3.05) is 7.11 Å². The van der Waals surface area contributed by atoms with E-state index in [4.69, 9.17) is 0 Å². The van der Waals surface area contributed by atoms with E-state index in [-0.39, 0.29) is 11.2 Å². The van der Waals surface area contributed by atoms with Crippen molar-refractivity contribution in [1.29, 1.82) is 0 Å². The van der Waals surface area contributed by atoms with Gasteiger partial charge in [0.25, 0.3) is 0 Å². The van der Waals surface area contributed by atoms with E-state index in [1.54, 1.807) is 11.8 Å². The molecule has 1 heterocycles. The SMILES string of the molecule is COC(=O)CC(C)SCc1ccn(C(C)C)n1. The molecule has 0 aliphatic rings. The Morgan fingerprint density at radius 1 is 1.53 bits per heavy atom. The topological polar surface area (TPSA) is 44.1 Å². The van der Waals surface area contributed by atoms with Crippen molar-refractivity contribution in [2.24, 2.45) is 0 Å². The van der Waals surface area contributed by atoms with Crippen LogP contribution in [-0.2, 0) is 15.3 Å². The zero-order valence-corrected chi connectivity index (χ0v) is 11.7. The molecule has 1 rings (SSSR count). The number of ether oxygens (including phenoxy) is 1. The van der Waals surface area contributed by atoms with Gasteiger partial charge in [-0.2, -0.15) is 16.9 Å². The van der Waals surface area contributed by atoms with Crippen LogP contribution in [0.5, 0.6) is 0 Å². The standard InChI is InChI=1S/C12H20N2O2S/c1-9(2)14-6-5-11(13-14)8-17-10(3)7-12(15)16-4/h5-6,9-10H,7-8H2,1-4H3. The molecule has 0 aliphatic heterocycles. The highest BCUT2D eigenvalue weighted by Crippen LogP contribution is 2.19. The van der Waals surface area contributed by atoms with Crippen molar-refractivity contribution in [3.05, 3.63) is 18.0 Å². The Morgan fingerprint density at radius 2 is 2.24 bits per heavy atom. The van der Waals surface area contributed by atoms with Crippen molar-refractivity contribution in [2.45, 2.75) is 44.2 Å².